The number of hydrogen-bond acceptors (Lipinski definition) is 4. The maximum absolute atomic E-state index is 11.8. The lowest BCUT2D eigenvalue weighted by molar-refractivity contribution is 0.281. The Hall–Kier alpha value is -1.07. The Morgan fingerprint density at radius 1 is 1.56 bits per heavy atom. The summed E-state index contributed by atoms with van der Waals surface area (Å²) in [6.07, 6.45) is 1.50. The molecule has 0 aliphatic carbocycles. The van der Waals surface area contributed by atoms with E-state index >= 15 is 0 Å². The molecule has 5 nitrogen and oxygen atoms in total. The van der Waals surface area contributed by atoms with Gasteiger partial charge in [-0.2, -0.15) is 5.10 Å². The van der Waals surface area contributed by atoms with Crippen LogP contribution in [0.25, 0.3) is 0 Å². The number of rotatable bonds is 4. The van der Waals surface area contributed by atoms with Crippen LogP contribution in [0, 0.1) is 0 Å². The number of aliphatic hydroxyl groups excluding tert-OH is 1. The summed E-state index contributed by atoms with van der Waals surface area (Å²) >= 11 is 5.93. The van der Waals surface area contributed by atoms with Crippen molar-refractivity contribution in [3.63, 3.8) is 0 Å². The van der Waals surface area contributed by atoms with E-state index in [1.807, 2.05) is 13.8 Å². The number of nitrogens with one attached hydrogen (secondary N) is 1. The van der Waals surface area contributed by atoms with Crippen LogP contribution >= 0.6 is 11.6 Å². The molecule has 0 saturated carbocycles. The Balaban J connectivity index is 3.07. The van der Waals surface area contributed by atoms with Gasteiger partial charge in [-0.05, 0) is 20.8 Å². The van der Waals surface area contributed by atoms with Crippen LogP contribution in [-0.4, -0.2) is 27.5 Å². The van der Waals surface area contributed by atoms with Gasteiger partial charge in [0.25, 0.3) is 5.56 Å². The maximum atomic E-state index is 11.8. The fraction of sp³-hybridized carbons (Fsp3) is 0.600. The monoisotopic (exact) mass is 245 g/mol. The van der Waals surface area contributed by atoms with E-state index in [1.165, 1.54) is 10.9 Å². The minimum Gasteiger partial charge on any atom is -0.394 e. The first-order valence-electron chi connectivity index (χ1n) is 5.12. The van der Waals surface area contributed by atoms with Crippen LogP contribution in [0.1, 0.15) is 26.8 Å². The van der Waals surface area contributed by atoms with Crippen molar-refractivity contribution < 1.29 is 5.11 Å². The zero-order valence-corrected chi connectivity index (χ0v) is 10.3. The first-order chi connectivity index (χ1) is 7.47. The van der Waals surface area contributed by atoms with Crippen LogP contribution in [0.15, 0.2) is 11.0 Å². The molecule has 0 radical (unpaired) electrons. The van der Waals surface area contributed by atoms with E-state index in [4.69, 9.17) is 16.7 Å². The minimum atomic E-state index is -0.327. The van der Waals surface area contributed by atoms with E-state index < -0.39 is 0 Å². The molecule has 0 bridgehead atoms. The molecule has 1 aromatic rings. The van der Waals surface area contributed by atoms with E-state index in [9.17, 15) is 4.79 Å². The lowest BCUT2D eigenvalue weighted by Gasteiger charge is -2.15. The van der Waals surface area contributed by atoms with Gasteiger partial charge in [0.2, 0.25) is 0 Å². The predicted octanol–water partition coefficient (Wildman–Crippen LogP) is 1.27. The molecule has 0 aliphatic rings. The van der Waals surface area contributed by atoms with Crippen LogP contribution in [-0.2, 0) is 0 Å². The summed E-state index contributed by atoms with van der Waals surface area (Å²) in [4.78, 5) is 11.8. The SMILES string of the molecule is CC(CO)Nc1cnn(C(C)C)c(=O)c1Cl. The van der Waals surface area contributed by atoms with Gasteiger partial charge in [0.15, 0.2) is 0 Å². The average Bonchev–Trinajstić information content (AvgIpc) is 2.24. The highest BCUT2D eigenvalue weighted by molar-refractivity contribution is 6.32. The fourth-order valence-corrected chi connectivity index (χ4v) is 1.41. The van der Waals surface area contributed by atoms with Gasteiger partial charge in [-0.15, -0.1) is 0 Å². The molecule has 1 heterocycles. The van der Waals surface area contributed by atoms with Gasteiger partial charge in [-0.3, -0.25) is 4.79 Å². The smallest absolute Gasteiger partial charge is 0.287 e. The molecule has 0 spiro atoms. The van der Waals surface area contributed by atoms with E-state index in [0.29, 0.717) is 5.69 Å². The molecule has 0 aliphatic heterocycles. The molecular weight excluding hydrogens is 230 g/mol. The summed E-state index contributed by atoms with van der Waals surface area (Å²) in [6.45, 7) is 5.45. The number of halogens is 1. The highest BCUT2D eigenvalue weighted by Gasteiger charge is 2.12. The first kappa shape index (κ1) is 13.0. The van der Waals surface area contributed by atoms with Crippen molar-refractivity contribution in [2.45, 2.75) is 32.9 Å². The second kappa shape index (κ2) is 5.32. The average molecular weight is 246 g/mol. The van der Waals surface area contributed by atoms with E-state index in [1.54, 1.807) is 6.92 Å². The highest BCUT2D eigenvalue weighted by atomic mass is 35.5. The highest BCUT2D eigenvalue weighted by Crippen LogP contribution is 2.17. The molecule has 1 rings (SSSR count). The predicted molar refractivity (Wildman–Crippen MR) is 64.1 cm³/mol. The lowest BCUT2D eigenvalue weighted by atomic mass is 10.3. The second-order valence-corrected chi connectivity index (χ2v) is 4.32. The van der Waals surface area contributed by atoms with Gasteiger partial charge in [-0.25, -0.2) is 4.68 Å². The Morgan fingerprint density at radius 3 is 2.69 bits per heavy atom. The normalized spacial score (nSPS) is 12.9. The van der Waals surface area contributed by atoms with Gasteiger partial charge >= 0.3 is 0 Å². The Labute approximate surface area is 99.0 Å². The molecule has 1 aromatic heterocycles. The van der Waals surface area contributed by atoms with E-state index in [-0.39, 0.29) is 29.3 Å². The van der Waals surface area contributed by atoms with Gasteiger partial charge < -0.3 is 10.4 Å². The lowest BCUT2D eigenvalue weighted by Crippen LogP contribution is -2.27. The summed E-state index contributed by atoms with van der Waals surface area (Å²) in [7, 11) is 0. The van der Waals surface area contributed by atoms with Crippen molar-refractivity contribution in [3.05, 3.63) is 21.6 Å². The summed E-state index contributed by atoms with van der Waals surface area (Å²) in [5, 5.41) is 15.9. The zero-order valence-electron chi connectivity index (χ0n) is 9.57. The largest absolute Gasteiger partial charge is 0.394 e. The number of aromatic nitrogens is 2. The molecule has 2 N–H and O–H groups in total. The summed E-state index contributed by atoms with van der Waals surface area (Å²) < 4.78 is 1.32. The van der Waals surface area contributed by atoms with Crippen molar-refractivity contribution in [1.29, 1.82) is 0 Å². The Morgan fingerprint density at radius 2 is 2.19 bits per heavy atom. The topological polar surface area (TPSA) is 67.2 Å². The van der Waals surface area contributed by atoms with Gasteiger partial charge in [0, 0.05) is 6.04 Å². The van der Waals surface area contributed by atoms with Crippen molar-refractivity contribution in [2.24, 2.45) is 0 Å². The van der Waals surface area contributed by atoms with Crippen molar-refractivity contribution in [3.8, 4) is 0 Å². The third-order valence-corrected chi connectivity index (χ3v) is 2.47. The third kappa shape index (κ3) is 2.74. The molecule has 1 unspecified atom stereocenters. The fourth-order valence-electron chi connectivity index (χ4n) is 1.22. The molecule has 0 saturated heterocycles. The summed E-state index contributed by atoms with van der Waals surface area (Å²) in [6, 6.07) is -0.206. The van der Waals surface area contributed by atoms with Gasteiger partial charge in [-0.1, -0.05) is 11.6 Å². The summed E-state index contributed by atoms with van der Waals surface area (Å²) in [5.41, 5.74) is 0.122. The molecule has 0 fully saturated rings. The van der Waals surface area contributed by atoms with Crippen LogP contribution in [0.2, 0.25) is 5.02 Å². The first-order valence-corrected chi connectivity index (χ1v) is 5.49. The molecule has 6 heteroatoms. The van der Waals surface area contributed by atoms with E-state index in [0.717, 1.165) is 0 Å². The zero-order chi connectivity index (χ0) is 12.3. The third-order valence-electron chi connectivity index (χ3n) is 2.11. The van der Waals surface area contributed by atoms with Crippen LogP contribution in [0.5, 0.6) is 0 Å². The molecular formula is C10H16ClN3O2. The second-order valence-electron chi connectivity index (χ2n) is 3.94. The summed E-state index contributed by atoms with van der Waals surface area (Å²) in [5.74, 6) is 0. The van der Waals surface area contributed by atoms with Crippen molar-refractivity contribution >= 4 is 17.3 Å². The number of hydrogen-bond donors (Lipinski definition) is 2. The Bertz CT molecular complexity index is 417. The van der Waals surface area contributed by atoms with Crippen LogP contribution in [0.4, 0.5) is 5.69 Å². The van der Waals surface area contributed by atoms with Crippen molar-refractivity contribution in [2.75, 3.05) is 11.9 Å². The number of aliphatic hydroxyl groups is 1. The van der Waals surface area contributed by atoms with E-state index in [2.05, 4.69) is 10.4 Å². The molecule has 1 atom stereocenters. The Kier molecular flexibility index (Phi) is 4.32. The molecule has 0 aromatic carbocycles. The van der Waals surface area contributed by atoms with Crippen LogP contribution in [0.3, 0.4) is 0 Å². The van der Waals surface area contributed by atoms with Crippen molar-refractivity contribution in [1.82, 2.24) is 9.78 Å². The van der Waals surface area contributed by atoms with Gasteiger partial charge in [0.1, 0.15) is 5.02 Å². The van der Waals surface area contributed by atoms with Crippen LogP contribution < -0.4 is 10.9 Å². The molecule has 90 valence electrons. The standard InChI is InChI=1S/C10H16ClN3O2/c1-6(2)14-10(16)9(11)8(4-12-14)13-7(3)5-15/h4,6-7,13,15H,5H2,1-3H3. The number of nitrogens with zero attached hydrogens (tertiary/aromatic N) is 2. The maximum Gasteiger partial charge on any atom is 0.287 e. The molecule has 0 amide bonds. The molecule has 16 heavy (non-hydrogen) atoms. The number of anilines is 1. The van der Waals surface area contributed by atoms with Gasteiger partial charge in [0.05, 0.1) is 24.5 Å². The quantitative estimate of drug-likeness (QED) is 0.839. The minimum absolute atomic E-state index is 0.0330.